The maximum Gasteiger partial charge on any atom is 0.261 e. The Morgan fingerprint density at radius 1 is 0.812 bits per heavy atom. The quantitative estimate of drug-likeness (QED) is 0.461. The molecule has 0 aliphatic heterocycles. The first-order chi connectivity index (χ1) is 15.7. The Morgan fingerprint density at radius 3 is 2.25 bits per heavy atom. The van der Waals surface area contributed by atoms with E-state index in [-0.39, 0.29) is 5.56 Å². The number of nitrogens with two attached hydrogens (primary N) is 1. The molecule has 0 amide bonds. The van der Waals surface area contributed by atoms with E-state index in [0.29, 0.717) is 23.8 Å². The van der Waals surface area contributed by atoms with E-state index in [0.717, 1.165) is 41.9 Å². The van der Waals surface area contributed by atoms with Gasteiger partial charge in [0.2, 0.25) is 0 Å². The van der Waals surface area contributed by atoms with Crippen molar-refractivity contribution in [2.45, 2.75) is 32.2 Å². The van der Waals surface area contributed by atoms with Crippen molar-refractivity contribution in [2.24, 2.45) is 17.6 Å². The number of hydrogen-bond acceptors (Lipinski definition) is 3. The molecule has 4 nitrogen and oxygen atoms in total. The van der Waals surface area contributed by atoms with E-state index >= 15 is 0 Å². The average molecular weight is 424 g/mol. The van der Waals surface area contributed by atoms with Crippen LogP contribution in [0.25, 0.3) is 33.4 Å². The molecule has 1 fully saturated rings. The van der Waals surface area contributed by atoms with Gasteiger partial charge in [0.15, 0.2) is 0 Å². The van der Waals surface area contributed by atoms with Gasteiger partial charge in [-0.25, -0.2) is 4.98 Å². The smallest absolute Gasteiger partial charge is 0.261 e. The third-order valence-corrected chi connectivity index (χ3v) is 6.78. The Morgan fingerprint density at radius 2 is 1.47 bits per heavy atom. The molecule has 1 heterocycles. The van der Waals surface area contributed by atoms with Crippen LogP contribution < -0.4 is 11.3 Å². The van der Waals surface area contributed by atoms with Gasteiger partial charge in [-0.2, -0.15) is 0 Å². The molecule has 4 heteroatoms. The molecule has 0 spiro atoms. The molecule has 1 saturated carbocycles. The second kappa shape index (κ2) is 9.09. The predicted octanol–water partition coefficient (Wildman–Crippen LogP) is 5.50. The standard InChI is InChI=1S/C28H29N3O/c29-18-20-7-6-8-21(17-20)19-31-27(30-26-12-5-4-11-25(26)28(31)32)24-15-13-23(14-16-24)22-9-2-1-3-10-22/h1-5,9-16,20-21H,6-8,17-19,29H2. The summed E-state index contributed by atoms with van der Waals surface area (Å²) in [6.07, 6.45) is 4.61. The summed E-state index contributed by atoms with van der Waals surface area (Å²) in [4.78, 5) is 18.5. The fourth-order valence-corrected chi connectivity index (χ4v) is 5.04. The molecule has 1 aliphatic rings. The number of fused-ring (bicyclic) bond motifs is 1. The van der Waals surface area contributed by atoms with E-state index in [4.69, 9.17) is 10.7 Å². The van der Waals surface area contributed by atoms with Crippen LogP contribution in [-0.4, -0.2) is 16.1 Å². The highest BCUT2D eigenvalue weighted by Crippen LogP contribution is 2.31. The molecule has 1 aliphatic carbocycles. The van der Waals surface area contributed by atoms with Crippen LogP contribution in [0.15, 0.2) is 83.7 Å². The minimum absolute atomic E-state index is 0.0487. The van der Waals surface area contributed by atoms with Gasteiger partial charge in [-0.05, 0) is 60.9 Å². The van der Waals surface area contributed by atoms with Gasteiger partial charge in [0.25, 0.3) is 5.56 Å². The number of nitrogens with zero attached hydrogens (tertiary/aromatic N) is 2. The molecule has 0 bridgehead atoms. The van der Waals surface area contributed by atoms with E-state index in [1.165, 1.54) is 18.4 Å². The summed E-state index contributed by atoms with van der Waals surface area (Å²) in [5.74, 6) is 1.77. The third-order valence-electron chi connectivity index (χ3n) is 6.78. The van der Waals surface area contributed by atoms with Crippen molar-refractivity contribution in [3.8, 4) is 22.5 Å². The van der Waals surface area contributed by atoms with Crippen molar-refractivity contribution in [3.05, 3.63) is 89.2 Å². The molecule has 2 N–H and O–H groups in total. The number of benzene rings is 3. The van der Waals surface area contributed by atoms with Gasteiger partial charge in [0.05, 0.1) is 10.9 Å². The van der Waals surface area contributed by atoms with Crippen LogP contribution in [-0.2, 0) is 6.54 Å². The Bertz CT molecular complexity index is 1260. The van der Waals surface area contributed by atoms with Crippen molar-refractivity contribution in [1.82, 2.24) is 9.55 Å². The van der Waals surface area contributed by atoms with Gasteiger partial charge in [-0.1, -0.05) is 73.2 Å². The Labute approximate surface area is 188 Å². The zero-order valence-electron chi connectivity index (χ0n) is 18.3. The molecule has 5 rings (SSSR count). The highest BCUT2D eigenvalue weighted by Gasteiger charge is 2.23. The summed E-state index contributed by atoms with van der Waals surface area (Å²) in [6, 6.07) is 26.4. The van der Waals surface area contributed by atoms with Crippen molar-refractivity contribution in [3.63, 3.8) is 0 Å². The van der Waals surface area contributed by atoms with Crippen LogP contribution in [0.1, 0.15) is 25.7 Å². The second-order valence-corrected chi connectivity index (χ2v) is 8.95. The third kappa shape index (κ3) is 4.11. The summed E-state index contributed by atoms with van der Waals surface area (Å²) >= 11 is 0. The van der Waals surface area contributed by atoms with E-state index in [9.17, 15) is 4.79 Å². The van der Waals surface area contributed by atoms with E-state index in [2.05, 4.69) is 36.4 Å². The van der Waals surface area contributed by atoms with Gasteiger partial charge >= 0.3 is 0 Å². The molecule has 162 valence electrons. The SMILES string of the molecule is NCC1CCCC(Cn2c(-c3ccc(-c4ccccc4)cc3)nc3ccccc3c2=O)C1. The van der Waals surface area contributed by atoms with E-state index < -0.39 is 0 Å². The summed E-state index contributed by atoms with van der Waals surface area (Å²) in [5.41, 5.74) is 10.1. The minimum Gasteiger partial charge on any atom is -0.330 e. The lowest BCUT2D eigenvalue weighted by molar-refractivity contribution is 0.246. The second-order valence-electron chi connectivity index (χ2n) is 8.95. The van der Waals surface area contributed by atoms with E-state index in [1.54, 1.807) is 0 Å². The maximum atomic E-state index is 13.5. The first-order valence-electron chi connectivity index (χ1n) is 11.6. The average Bonchev–Trinajstić information content (AvgIpc) is 2.86. The number of hydrogen-bond donors (Lipinski definition) is 1. The molecule has 1 aromatic heterocycles. The molecule has 4 aromatic rings. The molecular formula is C28H29N3O. The summed E-state index contributed by atoms with van der Waals surface area (Å²) < 4.78 is 1.91. The predicted molar refractivity (Wildman–Crippen MR) is 131 cm³/mol. The van der Waals surface area contributed by atoms with Crippen LogP contribution in [0.3, 0.4) is 0 Å². The molecule has 2 unspecified atom stereocenters. The summed E-state index contributed by atoms with van der Waals surface area (Å²) in [7, 11) is 0. The zero-order valence-corrected chi connectivity index (χ0v) is 18.3. The fraction of sp³-hybridized carbons (Fsp3) is 0.286. The van der Waals surface area contributed by atoms with Crippen LogP contribution >= 0.6 is 0 Å². The van der Waals surface area contributed by atoms with Crippen LogP contribution in [0.4, 0.5) is 0 Å². The van der Waals surface area contributed by atoms with Gasteiger partial charge < -0.3 is 5.73 Å². The van der Waals surface area contributed by atoms with Crippen molar-refractivity contribution in [2.75, 3.05) is 6.54 Å². The first kappa shape index (κ1) is 20.7. The highest BCUT2D eigenvalue weighted by molar-refractivity contribution is 5.80. The molecule has 3 aromatic carbocycles. The lowest BCUT2D eigenvalue weighted by Gasteiger charge is -2.29. The van der Waals surface area contributed by atoms with Gasteiger partial charge in [0, 0.05) is 12.1 Å². The zero-order chi connectivity index (χ0) is 21.9. The highest BCUT2D eigenvalue weighted by atomic mass is 16.1. The molecule has 0 saturated heterocycles. The van der Waals surface area contributed by atoms with Gasteiger partial charge in [-0.3, -0.25) is 9.36 Å². The molecular weight excluding hydrogens is 394 g/mol. The first-order valence-corrected chi connectivity index (χ1v) is 11.6. The Hall–Kier alpha value is -3.24. The fourth-order valence-electron chi connectivity index (χ4n) is 5.04. The molecule has 2 atom stereocenters. The van der Waals surface area contributed by atoms with Gasteiger partial charge in [-0.15, -0.1) is 0 Å². The normalized spacial score (nSPS) is 18.7. The summed E-state index contributed by atoms with van der Waals surface area (Å²) in [6.45, 7) is 1.43. The topological polar surface area (TPSA) is 60.9 Å². The van der Waals surface area contributed by atoms with Crippen LogP contribution in [0.2, 0.25) is 0 Å². The molecule has 32 heavy (non-hydrogen) atoms. The Kier molecular flexibility index (Phi) is 5.87. The lowest BCUT2D eigenvalue weighted by Crippen LogP contribution is -2.30. The van der Waals surface area contributed by atoms with Gasteiger partial charge in [0.1, 0.15) is 5.82 Å². The molecule has 0 radical (unpaired) electrons. The number of rotatable bonds is 5. The largest absolute Gasteiger partial charge is 0.330 e. The van der Waals surface area contributed by atoms with Crippen molar-refractivity contribution >= 4 is 10.9 Å². The number of para-hydroxylation sites is 1. The minimum atomic E-state index is 0.0487. The van der Waals surface area contributed by atoms with Crippen LogP contribution in [0.5, 0.6) is 0 Å². The van der Waals surface area contributed by atoms with Crippen molar-refractivity contribution < 1.29 is 0 Å². The van der Waals surface area contributed by atoms with E-state index in [1.807, 2.05) is 47.0 Å². The Balaban J connectivity index is 1.57. The van der Waals surface area contributed by atoms with Crippen LogP contribution in [0, 0.1) is 11.8 Å². The van der Waals surface area contributed by atoms with Crippen molar-refractivity contribution in [1.29, 1.82) is 0 Å². The number of aromatic nitrogens is 2. The summed E-state index contributed by atoms with van der Waals surface area (Å²) in [5, 5.41) is 0.684. The monoisotopic (exact) mass is 423 g/mol. The lowest BCUT2D eigenvalue weighted by atomic mass is 9.81. The maximum absolute atomic E-state index is 13.5.